The van der Waals surface area contributed by atoms with Crippen molar-refractivity contribution >= 4 is 44.1 Å². The molecule has 1 unspecified atom stereocenters. The lowest BCUT2D eigenvalue weighted by atomic mass is 9.97. The van der Waals surface area contributed by atoms with Gasteiger partial charge in [0, 0.05) is 23.0 Å². The normalized spacial score (nSPS) is 11.7. The van der Waals surface area contributed by atoms with Gasteiger partial charge >= 0.3 is 5.97 Å². The van der Waals surface area contributed by atoms with Gasteiger partial charge in [0.1, 0.15) is 11.5 Å². The number of halogens is 1. The van der Waals surface area contributed by atoms with E-state index in [0.717, 1.165) is 37.8 Å². The van der Waals surface area contributed by atoms with Crippen LogP contribution in [0.1, 0.15) is 40.4 Å². The van der Waals surface area contributed by atoms with E-state index in [1.54, 1.807) is 31.4 Å². The third-order valence-electron chi connectivity index (χ3n) is 5.98. The molecule has 5 nitrogen and oxygen atoms in total. The highest BCUT2D eigenvalue weighted by Gasteiger charge is 2.17. The largest absolute Gasteiger partial charge is 0.497 e. The second kappa shape index (κ2) is 11.2. The fourth-order valence-electron chi connectivity index (χ4n) is 4.03. The number of aryl methyl sites for hydroxylation is 1. The van der Waals surface area contributed by atoms with Crippen LogP contribution in [0.5, 0.6) is 5.75 Å². The van der Waals surface area contributed by atoms with E-state index >= 15 is 0 Å². The number of Topliss-reactive ketones (excluding diaryl/α,β-unsaturated/α-hetero) is 1. The Hall–Kier alpha value is -3.64. The molecule has 0 fully saturated rings. The highest BCUT2D eigenvalue weighted by Crippen LogP contribution is 2.27. The number of hydrogen-bond donors (Lipinski definition) is 2. The first-order valence-corrected chi connectivity index (χ1v) is 12.1. The van der Waals surface area contributed by atoms with Crippen molar-refractivity contribution in [3.05, 3.63) is 106 Å². The summed E-state index contributed by atoms with van der Waals surface area (Å²) in [4.78, 5) is 24.2. The summed E-state index contributed by atoms with van der Waals surface area (Å²) in [6, 6.07) is 26.4. The third-order valence-corrected chi connectivity index (χ3v) is 6.51. The van der Waals surface area contributed by atoms with E-state index in [9.17, 15) is 9.59 Å². The molecule has 0 spiro atoms. The van der Waals surface area contributed by atoms with Crippen LogP contribution in [0.4, 0.5) is 5.69 Å². The molecular weight excluding hydrogens is 506 g/mol. The Morgan fingerprint density at radius 2 is 1.60 bits per heavy atom. The molecule has 0 saturated carbocycles. The number of ketones is 1. The highest BCUT2D eigenvalue weighted by atomic mass is 79.9. The maximum atomic E-state index is 13.0. The van der Waals surface area contributed by atoms with Gasteiger partial charge in [-0.3, -0.25) is 4.79 Å². The number of methoxy groups -OCH3 is 1. The van der Waals surface area contributed by atoms with E-state index < -0.39 is 5.97 Å². The standard InChI is InChI=1S/C29H26BrNO4/c1-35-27-15-9-22-16-19(2-4-23(22)17-27)3-14-26(32)18-28(20-5-10-24(30)11-6-20)31-25-12-7-21(8-13-25)29(33)34/h2,4-13,15-17,28,31H,3,14,18H2,1H3,(H,33,34). The third kappa shape index (κ3) is 6.49. The lowest BCUT2D eigenvalue weighted by Crippen LogP contribution is -2.16. The van der Waals surface area contributed by atoms with Gasteiger partial charge in [-0.05, 0) is 76.9 Å². The smallest absolute Gasteiger partial charge is 0.335 e. The van der Waals surface area contributed by atoms with Gasteiger partial charge in [-0.15, -0.1) is 0 Å². The van der Waals surface area contributed by atoms with E-state index in [2.05, 4.69) is 39.4 Å². The summed E-state index contributed by atoms with van der Waals surface area (Å²) in [5.41, 5.74) is 3.10. The van der Waals surface area contributed by atoms with Crippen LogP contribution >= 0.6 is 15.9 Å². The van der Waals surface area contributed by atoms with Crippen LogP contribution in [0.2, 0.25) is 0 Å². The van der Waals surface area contributed by atoms with Crippen molar-refractivity contribution in [2.24, 2.45) is 0 Å². The number of anilines is 1. The Labute approximate surface area is 212 Å². The number of hydrogen-bond acceptors (Lipinski definition) is 4. The number of carboxylic acid groups (broad SMARTS) is 1. The first-order chi connectivity index (χ1) is 16.9. The van der Waals surface area contributed by atoms with Crippen molar-refractivity contribution < 1.29 is 19.4 Å². The maximum Gasteiger partial charge on any atom is 0.335 e. The summed E-state index contributed by atoms with van der Waals surface area (Å²) in [6.45, 7) is 0. The van der Waals surface area contributed by atoms with E-state index in [-0.39, 0.29) is 17.4 Å². The number of ether oxygens (including phenoxy) is 1. The molecule has 0 radical (unpaired) electrons. The summed E-state index contributed by atoms with van der Waals surface area (Å²) in [5, 5.41) is 14.8. The molecule has 0 heterocycles. The minimum absolute atomic E-state index is 0.155. The first kappa shape index (κ1) is 24.5. The summed E-state index contributed by atoms with van der Waals surface area (Å²) in [6.07, 6.45) is 1.43. The van der Waals surface area contributed by atoms with Gasteiger partial charge in [-0.1, -0.05) is 52.3 Å². The number of carboxylic acids is 1. The van der Waals surface area contributed by atoms with Crippen molar-refractivity contribution in [3.8, 4) is 5.75 Å². The molecule has 0 aliphatic heterocycles. The molecule has 4 rings (SSSR count). The molecule has 0 aliphatic rings. The molecule has 1 atom stereocenters. The highest BCUT2D eigenvalue weighted by molar-refractivity contribution is 9.10. The lowest BCUT2D eigenvalue weighted by molar-refractivity contribution is -0.119. The molecule has 0 aliphatic carbocycles. The van der Waals surface area contributed by atoms with Crippen LogP contribution in [0, 0.1) is 0 Å². The van der Waals surface area contributed by atoms with Gasteiger partial charge in [-0.2, -0.15) is 0 Å². The van der Waals surface area contributed by atoms with E-state index in [1.165, 1.54) is 0 Å². The monoisotopic (exact) mass is 531 g/mol. The van der Waals surface area contributed by atoms with Crippen LogP contribution in [0.25, 0.3) is 10.8 Å². The topological polar surface area (TPSA) is 75.6 Å². The number of carbonyl (C=O) groups is 2. The Kier molecular flexibility index (Phi) is 7.83. The number of benzene rings is 4. The van der Waals surface area contributed by atoms with Gasteiger partial charge in [0.15, 0.2) is 0 Å². The quantitative estimate of drug-likeness (QED) is 0.229. The Bertz CT molecular complexity index is 1330. The molecule has 0 amide bonds. The first-order valence-electron chi connectivity index (χ1n) is 11.3. The van der Waals surface area contributed by atoms with Crippen molar-refractivity contribution in [1.29, 1.82) is 0 Å². The zero-order valence-electron chi connectivity index (χ0n) is 19.3. The van der Waals surface area contributed by atoms with Crippen LogP contribution in [-0.2, 0) is 11.2 Å². The molecule has 0 saturated heterocycles. The van der Waals surface area contributed by atoms with Crippen molar-refractivity contribution in [2.45, 2.75) is 25.3 Å². The second-order valence-electron chi connectivity index (χ2n) is 8.42. The minimum Gasteiger partial charge on any atom is -0.497 e. The average Bonchev–Trinajstić information content (AvgIpc) is 2.87. The molecule has 4 aromatic rings. The number of fused-ring (bicyclic) bond motifs is 1. The van der Waals surface area contributed by atoms with Gasteiger partial charge in [0.25, 0.3) is 0 Å². The maximum absolute atomic E-state index is 13.0. The van der Waals surface area contributed by atoms with E-state index in [1.807, 2.05) is 42.5 Å². The molecule has 178 valence electrons. The second-order valence-corrected chi connectivity index (χ2v) is 9.34. The number of rotatable bonds is 10. The fraction of sp³-hybridized carbons (Fsp3) is 0.172. The number of nitrogens with one attached hydrogen (secondary N) is 1. The summed E-state index contributed by atoms with van der Waals surface area (Å²) < 4.78 is 6.25. The predicted molar refractivity (Wildman–Crippen MR) is 142 cm³/mol. The SMILES string of the molecule is COc1ccc2cc(CCC(=O)CC(Nc3ccc(C(=O)O)cc3)c3ccc(Br)cc3)ccc2c1. The molecule has 0 aromatic heterocycles. The van der Waals surface area contributed by atoms with Crippen LogP contribution in [-0.4, -0.2) is 24.0 Å². The molecule has 0 bridgehead atoms. The Balaban J connectivity index is 1.45. The van der Waals surface area contributed by atoms with Gasteiger partial charge in [-0.25, -0.2) is 4.79 Å². The fourth-order valence-corrected chi connectivity index (χ4v) is 4.29. The van der Waals surface area contributed by atoms with Gasteiger partial charge < -0.3 is 15.2 Å². The van der Waals surface area contributed by atoms with Crippen molar-refractivity contribution in [1.82, 2.24) is 0 Å². The van der Waals surface area contributed by atoms with Crippen molar-refractivity contribution in [2.75, 3.05) is 12.4 Å². The zero-order chi connectivity index (χ0) is 24.8. The van der Waals surface area contributed by atoms with E-state index in [0.29, 0.717) is 19.3 Å². The number of aromatic carboxylic acids is 1. The average molecular weight is 532 g/mol. The molecule has 35 heavy (non-hydrogen) atoms. The number of carbonyl (C=O) groups excluding carboxylic acids is 1. The van der Waals surface area contributed by atoms with Gasteiger partial charge in [0.05, 0.1) is 18.7 Å². The van der Waals surface area contributed by atoms with Crippen LogP contribution in [0.3, 0.4) is 0 Å². The Morgan fingerprint density at radius 3 is 2.29 bits per heavy atom. The summed E-state index contributed by atoms with van der Waals surface area (Å²) >= 11 is 3.46. The summed E-state index contributed by atoms with van der Waals surface area (Å²) in [5.74, 6) is 0.0101. The molecule has 6 heteroatoms. The summed E-state index contributed by atoms with van der Waals surface area (Å²) in [7, 11) is 1.66. The Morgan fingerprint density at radius 1 is 0.914 bits per heavy atom. The molecule has 2 N–H and O–H groups in total. The van der Waals surface area contributed by atoms with E-state index in [4.69, 9.17) is 9.84 Å². The molecule has 4 aromatic carbocycles. The van der Waals surface area contributed by atoms with Crippen LogP contribution < -0.4 is 10.1 Å². The van der Waals surface area contributed by atoms with Crippen LogP contribution in [0.15, 0.2) is 89.4 Å². The lowest BCUT2D eigenvalue weighted by Gasteiger charge is -2.20. The van der Waals surface area contributed by atoms with Crippen molar-refractivity contribution in [3.63, 3.8) is 0 Å². The minimum atomic E-state index is -0.969. The van der Waals surface area contributed by atoms with Gasteiger partial charge in [0.2, 0.25) is 0 Å². The molecular formula is C29H26BrNO4. The zero-order valence-corrected chi connectivity index (χ0v) is 20.9. The predicted octanol–water partition coefficient (Wildman–Crippen LogP) is 7.05.